The summed E-state index contributed by atoms with van der Waals surface area (Å²) in [6.45, 7) is 7.13. The normalized spacial score (nSPS) is 43.4. The molecule has 1 N–H and O–H groups in total. The van der Waals surface area contributed by atoms with Crippen molar-refractivity contribution in [1.82, 2.24) is 5.32 Å². The zero-order valence-electron chi connectivity index (χ0n) is 7.85. The fourth-order valence-electron chi connectivity index (χ4n) is 2.47. The quantitative estimate of drug-likeness (QED) is 0.562. The van der Waals surface area contributed by atoms with Gasteiger partial charge in [-0.1, -0.05) is 20.8 Å². The number of piperidine rings is 1. The van der Waals surface area contributed by atoms with Gasteiger partial charge in [-0.2, -0.15) is 0 Å². The van der Waals surface area contributed by atoms with Crippen LogP contribution in [0, 0.1) is 11.3 Å². The third-order valence-electron chi connectivity index (χ3n) is 3.40. The molecule has 3 rings (SSSR count). The summed E-state index contributed by atoms with van der Waals surface area (Å²) < 4.78 is 0. The molecule has 1 aliphatic carbocycles. The monoisotopic (exact) mass is 153 g/mol. The van der Waals surface area contributed by atoms with Gasteiger partial charge in [0.05, 0.1) is 0 Å². The maximum atomic E-state index is 3.58. The Morgan fingerprint density at radius 3 is 1.73 bits per heavy atom. The van der Waals surface area contributed by atoms with E-state index in [0.29, 0.717) is 5.41 Å². The summed E-state index contributed by atoms with van der Waals surface area (Å²) in [5.41, 5.74) is 0.541. The Balaban J connectivity index is 1.97. The standard InChI is InChI=1S/C10H19N/c1-10(2,3)7-4-8-6-9(5-7)11-8/h7-9,11H,4-6H2,1-3H3. The summed E-state index contributed by atoms with van der Waals surface area (Å²) in [5, 5.41) is 3.58. The molecule has 0 radical (unpaired) electrons. The van der Waals surface area contributed by atoms with Gasteiger partial charge in [-0.05, 0) is 30.6 Å². The first-order valence-electron chi connectivity index (χ1n) is 4.82. The van der Waals surface area contributed by atoms with Gasteiger partial charge >= 0.3 is 0 Å². The number of nitrogens with one attached hydrogen (secondary N) is 1. The van der Waals surface area contributed by atoms with E-state index in [1.54, 1.807) is 0 Å². The highest BCUT2D eigenvalue weighted by atomic mass is 15.0. The van der Waals surface area contributed by atoms with E-state index >= 15 is 0 Å². The summed E-state index contributed by atoms with van der Waals surface area (Å²) in [6, 6.07) is 1.75. The molecular weight excluding hydrogens is 134 g/mol. The van der Waals surface area contributed by atoms with Crippen molar-refractivity contribution in [3.8, 4) is 0 Å². The smallest absolute Gasteiger partial charge is 0.00873 e. The second-order valence-electron chi connectivity index (χ2n) is 5.33. The molecule has 1 heteroatoms. The van der Waals surface area contributed by atoms with Gasteiger partial charge in [0.1, 0.15) is 0 Å². The molecule has 2 aliphatic heterocycles. The van der Waals surface area contributed by atoms with E-state index in [2.05, 4.69) is 26.1 Å². The lowest BCUT2D eigenvalue weighted by Crippen LogP contribution is -2.59. The first kappa shape index (κ1) is 7.60. The molecule has 11 heavy (non-hydrogen) atoms. The molecule has 2 unspecified atom stereocenters. The summed E-state index contributed by atoms with van der Waals surface area (Å²) in [4.78, 5) is 0. The number of hydrogen-bond donors (Lipinski definition) is 1. The molecular formula is C10H19N. The zero-order valence-corrected chi connectivity index (χ0v) is 7.85. The molecule has 1 saturated carbocycles. The molecule has 3 aliphatic rings. The molecule has 0 aromatic rings. The minimum Gasteiger partial charge on any atom is -0.311 e. The highest BCUT2D eigenvalue weighted by molar-refractivity contribution is 4.99. The predicted molar refractivity (Wildman–Crippen MR) is 47.5 cm³/mol. The fourth-order valence-corrected chi connectivity index (χ4v) is 2.47. The van der Waals surface area contributed by atoms with Gasteiger partial charge in [-0.25, -0.2) is 0 Å². The van der Waals surface area contributed by atoms with E-state index < -0.39 is 0 Å². The van der Waals surface area contributed by atoms with Gasteiger partial charge in [0.25, 0.3) is 0 Å². The van der Waals surface area contributed by atoms with Crippen LogP contribution in [0.5, 0.6) is 0 Å². The van der Waals surface area contributed by atoms with Crippen LogP contribution in [0.4, 0.5) is 0 Å². The van der Waals surface area contributed by atoms with Gasteiger partial charge in [0.15, 0.2) is 0 Å². The lowest BCUT2D eigenvalue weighted by atomic mass is 9.66. The molecule has 2 heterocycles. The molecule has 0 aromatic carbocycles. The van der Waals surface area contributed by atoms with E-state index in [0.717, 1.165) is 18.0 Å². The predicted octanol–water partition coefficient (Wildman–Crippen LogP) is 2.17. The van der Waals surface area contributed by atoms with Crippen LogP contribution in [0.3, 0.4) is 0 Å². The molecule has 3 fully saturated rings. The van der Waals surface area contributed by atoms with E-state index in [9.17, 15) is 0 Å². The third-order valence-corrected chi connectivity index (χ3v) is 3.40. The van der Waals surface area contributed by atoms with Crippen LogP contribution in [0.1, 0.15) is 40.0 Å². The summed E-state index contributed by atoms with van der Waals surface area (Å²) >= 11 is 0. The maximum Gasteiger partial charge on any atom is 0.00873 e. The highest BCUT2D eigenvalue weighted by Gasteiger charge is 2.41. The fraction of sp³-hybridized carbons (Fsp3) is 1.00. The van der Waals surface area contributed by atoms with Gasteiger partial charge in [-0.3, -0.25) is 0 Å². The van der Waals surface area contributed by atoms with Crippen molar-refractivity contribution in [3.63, 3.8) is 0 Å². The van der Waals surface area contributed by atoms with Gasteiger partial charge in [0.2, 0.25) is 0 Å². The third kappa shape index (κ3) is 1.31. The minimum absolute atomic E-state index is 0.541. The molecule has 1 nitrogen and oxygen atoms in total. The van der Waals surface area contributed by atoms with Crippen LogP contribution in [0.15, 0.2) is 0 Å². The van der Waals surface area contributed by atoms with Crippen LogP contribution in [0.2, 0.25) is 0 Å². The Labute approximate surface area is 69.6 Å². The topological polar surface area (TPSA) is 12.0 Å². The minimum atomic E-state index is 0.541. The van der Waals surface area contributed by atoms with Crippen molar-refractivity contribution in [1.29, 1.82) is 0 Å². The molecule has 2 atom stereocenters. The van der Waals surface area contributed by atoms with E-state index in [1.807, 2.05) is 0 Å². The van der Waals surface area contributed by atoms with Crippen LogP contribution in [0.25, 0.3) is 0 Å². The first-order valence-corrected chi connectivity index (χ1v) is 4.82. The van der Waals surface area contributed by atoms with Crippen molar-refractivity contribution >= 4 is 0 Å². The second kappa shape index (κ2) is 2.22. The van der Waals surface area contributed by atoms with E-state index in [1.165, 1.54) is 19.3 Å². The lowest BCUT2D eigenvalue weighted by molar-refractivity contribution is 0.0625. The Morgan fingerprint density at radius 1 is 1.00 bits per heavy atom. The SMILES string of the molecule is CC(C)(C)C1CC2CC(C1)N2. The lowest BCUT2D eigenvalue weighted by Gasteiger charge is -2.50. The zero-order chi connectivity index (χ0) is 8.06. The molecule has 0 aromatic heterocycles. The molecule has 2 saturated heterocycles. The van der Waals surface area contributed by atoms with E-state index in [4.69, 9.17) is 0 Å². The Bertz CT molecular complexity index is 141. The Hall–Kier alpha value is -0.0400. The van der Waals surface area contributed by atoms with Gasteiger partial charge in [0, 0.05) is 12.1 Å². The first-order chi connectivity index (χ1) is 5.05. The average molecular weight is 153 g/mol. The van der Waals surface area contributed by atoms with Gasteiger partial charge in [-0.15, -0.1) is 0 Å². The van der Waals surface area contributed by atoms with Crippen molar-refractivity contribution in [2.24, 2.45) is 11.3 Å². The average Bonchev–Trinajstić information content (AvgIpc) is 1.84. The van der Waals surface area contributed by atoms with Crippen LogP contribution in [-0.4, -0.2) is 12.1 Å². The molecule has 2 bridgehead atoms. The Kier molecular flexibility index (Phi) is 1.54. The second-order valence-corrected chi connectivity index (χ2v) is 5.33. The van der Waals surface area contributed by atoms with E-state index in [-0.39, 0.29) is 0 Å². The summed E-state index contributed by atoms with van der Waals surface area (Å²) in [7, 11) is 0. The van der Waals surface area contributed by atoms with Crippen LogP contribution in [-0.2, 0) is 0 Å². The molecule has 64 valence electrons. The summed E-state index contributed by atoms with van der Waals surface area (Å²) in [5.74, 6) is 0.965. The van der Waals surface area contributed by atoms with Crippen LogP contribution < -0.4 is 5.32 Å². The largest absolute Gasteiger partial charge is 0.311 e. The van der Waals surface area contributed by atoms with Gasteiger partial charge < -0.3 is 5.32 Å². The van der Waals surface area contributed by atoms with Crippen molar-refractivity contribution in [3.05, 3.63) is 0 Å². The van der Waals surface area contributed by atoms with Crippen molar-refractivity contribution < 1.29 is 0 Å². The maximum absolute atomic E-state index is 3.58. The molecule has 0 amide bonds. The molecule has 0 spiro atoms. The summed E-state index contributed by atoms with van der Waals surface area (Å²) in [6.07, 6.45) is 4.28. The van der Waals surface area contributed by atoms with Crippen LogP contribution >= 0.6 is 0 Å². The number of fused-ring (bicyclic) bond motifs is 2. The highest BCUT2D eigenvalue weighted by Crippen LogP contribution is 2.42. The Morgan fingerprint density at radius 2 is 1.45 bits per heavy atom. The number of rotatable bonds is 0. The van der Waals surface area contributed by atoms with Crippen molar-refractivity contribution in [2.75, 3.05) is 0 Å². The van der Waals surface area contributed by atoms with Crippen molar-refractivity contribution in [2.45, 2.75) is 52.1 Å². The number of hydrogen-bond acceptors (Lipinski definition) is 1.